The van der Waals surface area contributed by atoms with Crippen molar-refractivity contribution in [1.82, 2.24) is 20.4 Å². The van der Waals surface area contributed by atoms with Gasteiger partial charge in [-0.2, -0.15) is 0 Å². The molecule has 1 heterocycles. The first-order valence-electron chi connectivity index (χ1n) is 18.9. The van der Waals surface area contributed by atoms with Crippen molar-refractivity contribution in [2.75, 3.05) is 79.0 Å². The maximum atomic E-state index is 13.7. The lowest BCUT2D eigenvalue weighted by Gasteiger charge is -2.29. The highest BCUT2D eigenvalue weighted by atomic mass is 16.6. The molecule has 0 aromatic heterocycles. The summed E-state index contributed by atoms with van der Waals surface area (Å²) in [6.45, 7) is 11.4. The van der Waals surface area contributed by atoms with Crippen LogP contribution >= 0.6 is 0 Å². The third-order valence-electron chi connectivity index (χ3n) is 8.41. The number of alkyl carbamates (subject to hydrolysis) is 2. The SMILES string of the molecule is CC(C)C[C@H](NC(=O)OCc1ccccc1)C(=O)N1CCOCCOCCN(C(=O)[C@H](CC(C)C)NC(=O)OCc2ccccc2)CCOCCOCC1. The van der Waals surface area contributed by atoms with Crippen LogP contribution in [0.15, 0.2) is 60.7 Å². The van der Waals surface area contributed by atoms with Crippen molar-refractivity contribution in [3.63, 3.8) is 0 Å². The van der Waals surface area contributed by atoms with Crippen LogP contribution in [0.5, 0.6) is 0 Å². The van der Waals surface area contributed by atoms with Gasteiger partial charge in [0.05, 0.1) is 52.9 Å². The minimum Gasteiger partial charge on any atom is -0.445 e. The van der Waals surface area contributed by atoms with Crippen molar-refractivity contribution in [3.8, 4) is 0 Å². The van der Waals surface area contributed by atoms with E-state index in [4.69, 9.17) is 28.4 Å². The molecule has 1 fully saturated rings. The highest BCUT2D eigenvalue weighted by molar-refractivity contribution is 5.86. The van der Waals surface area contributed by atoms with E-state index in [0.29, 0.717) is 12.8 Å². The zero-order chi connectivity index (χ0) is 39.0. The number of rotatable bonds is 12. The number of hydrogen-bond donors (Lipinski definition) is 2. The first-order valence-corrected chi connectivity index (χ1v) is 18.9. The number of ether oxygens (including phenoxy) is 6. The van der Waals surface area contributed by atoms with Crippen molar-refractivity contribution in [3.05, 3.63) is 71.8 Å². The van der Waals surface area contributed by atoms with E-state index in [-0.39, 0.29) is 116 Å². The van der Waals surface area contributed by atoms with Gasteiger partial charge in [-0.25, -0.2) is 9.59 Å². The zero-order valence-electron chi connectivity index (χ0n) is 32.4. The molecule has 1 aliphatic rings. The molecule has 2 N–H and O–H groups in total. The molecule has 1 saturated heterocycles. The Morgan fingerprint density at radius 2 is 0.852 bits per heavy atom. The summed E-state index contributed by atoms with van der Waals surface area (Å²) in [7, 11) is 0. The van der Waals surface area contributed by atoms with Crippen LogP contribution in [0.25, 0.3) is 0 Å². The van der Waals surface area contributed by atoms with Crippen molar-refractivity contribution in [2.24, 2.45) is 11.8 Å². The fourth-order valence-electron chi connectivity index (χ4n) is 5.65. The van der Waals surface area contributed by atoms with Gasteiger partial charge in [-0.3, -0.25) is 9.59 Å². The van der Waals surface area contributed by atoms with E-state index < -0.39 is 24.3 Å². The molecule has 3 rings (SSSR count). The van der Waals surface area contributed by atoms with Gasteiger partial charge in [0.1, 0.15) is 25.3 Å². The number of nitrogens with zero attached hydrogens (tertiary/aromatic N) is 2. The van der Waals surface area contributed by atoms with Gasteiger partial charge in [0.25, 0.3) is 0 Å². The van der Waals surface area contributed by atoms with Crippen molar-refractivity contribution in [2.45, 2.75) is 65.8 Å². The molecule has 0 saturated carbocycles. The molecular weight excluding hydrogens is 696 g/mol. The fourth-order valence-corrected chi connectivity index (χ4v) is 5.65. The first-order chi connectivity index (χ1) is 26.1. The quantitative estimate of drug-likeness (QED) is 0.319. The summed E-state index contributed by atoms with van der Waals surface area (Å²) in [4.78, 5) is 56.2. The average molecular weight is 757 g/mol. The van der Waals surface area contributed by atoms with Crippen LogP contribution in [0.3, 0.4) is 0 Å². The van der Waals surface area contributed by atoms with E-state index in [0.717, 1.165) is 11.1 Å². The molecule has 54 heavy (non-hydrogen) atoms. The molecule has 0 unspecified atom stereocenters. The van der Waals surface area contributed by atoms with Crippen LogP contribution in [0.2, 0.25) is 0 Å². The topological polar surface area (TPSA) is 154 Å². The van der Waals surface area contributed by atoms with E-state index in [9.17, 15) is 19.2 Å². The number of benzene rings is 2. The molecule has 300 valence electrons. The highest BCUT2D eigenvalue weighted by Crippen LogP contribution is 2.12. The number of nitrogens with one attached hydrogen (secondary N) is 2. The van der Waals surface area contributed by atoms with Gasteiger partial charge >= 0.3 is 12.2 Å². The summed E-state index contributed by atoms with van der Waals surface area (Å²) in [5.41, 5.74) is 1.70. The Balaban J connectivity index is 1.53. The molecule has 4 amide bonds. The lowest BCUT2D eigenvalue weighted by atomic mass is 10.0. The van der Waals surface area contributed by atoms with Gasteiger partial charge in [0.2, 0.25) is 11.8 Å². The highest BCUT2D eigenvalue weighted by Gasteiger charge is 2.29. The minimum atomic E-state index is -0.779. The molecule has 2 atom stereocenters. The van der Waals surface area contributed by atoms with E-state index in [1.807, 2.05) is 88.4 Å². The maximum absolute atomic E-state index is 13.7. The Morgan fingerprint density at radius 1 is 0.537 bits per heavy atom. The Kier molecular flexibility index (Phi) is 21.0. The Hall–Kier alpha value is -4.24. The summed E-state index contributed by atoms with van der Waals surface area (Å²) < 4.78 is 34.0. The second kappa shape index (κ2) is 25.7. The van der Waals surface area contributed by atoms with Gasteiger partial charge in [-0.1, -0.05) is 88.4 Å². The summed E-state index contributed by atoms with van der Waals surface area (Å²) in [5.74, 6) is -0.205. The lowest BCUT2D eigenvalue weighted by Crippen LogP contribution is -2.51. The van der Waals surface area contributed by atoms with Crippen molar-refractivity contribution < 1.29 is 47.6 Å². The van der Waals surface area contributed by atoms with E-state index in [1.54, 1.807) is 9.80 Å². The Bertz CT molecular complexity index is 1240. The van der Waals surface area contributed by atoms with Gasteiger partial charge in [-0.15, -0.1) is 0 Å². The zero-order valence-corrected chi connectivity index (χ0v) is 32.4. The number of hydrogen-bond acceptors (Lipinski definition) is 10. The number of carbonyl (C=O) groups is 4. The molecule has 2 aromatic carbocycles. The van der Waals surface area contributed by atoms with E-state index in [1.165, 1.54) is 0 Å². The summed E-state index contributed by atoms with van der Waals surface area (Å²) >= 11 is 0. The predicted molar refractivity (Wildman–Crippen MR) is 202 cm³/mol. The predicted octanol–water partition coefficient (Wildman–Crippen LogP) is 4.41. The molecule has 14 heteroatoms. The van der Waals surface area contributed by atoms with Crippen LogP contribution in [0, 0.1) is 11.8 Å². The average Bonchev–Trinajstić information content (AvgIpc) is 3.15. The number of amides is 4. The van der Waals surface area contributed by atoms with Crippen LogP contribution in [0.4, 0.5) is 9.59 Å². The summed E-state index contributed by atoms with van der Waals surface area (Å²) in [6, 6.07) is 17.1. The Morgan fingerprint density at radius 3 is 1.15 bits per heavy atom. The molecular formula is C40H60N4O10. The minimum absolute atomic E-state index is 0.0982. The second-order valence-electron chi connectivity index (χ2n) is 13.9. The van der Waals surface area contributed by atoms with E-state index >= 15 is 0 Å². The standard InChI is InChI=1S/C40H60N4O10/c1-31(2)27-35(41-39(47)53-29-33-11-7-5-8-12-33)37(45)43-15-19-49-23-25-51-21-17-44(18-22-52-26-24-50-20-16-43)38(46)36(28-32(3)4)42-40(48)54-30-34-13-9-6-10-14-34/h5-14,31-32,35-36H,15-30H2,1-4H3,(H,41,47)(H,42,48)/t35-,36-/m0/s1. The Labute approximate surface area is 320 Å². The van der Waals surface area contributed by atoms with Crippen molar-refractivity contribution in [1.29, 1.82) is 0 Å². The molecule has 14 nitrogen and oxygen atoms in total. The van der Waals surface area contributed by atoms with Crippen LogP contribution in [0.1, 0.15) is 51.7 Å². The van der Waals surface area contributed by atoms with Crippen molar-refractivity contribution >= 4 is 24.0 Å². The third-order valence-corrected chi connectivity index (χ3v) is 8.41. The monoisotopic (exact) mass is 756 g/mol. The molecule has 0 bridgehead atoms. The summed E-state index contributed by atoms with van der Waals surface area (Å²) in [6.07, 6.45) is -0.444. The molecule has 2 aromatic rings. The van der Waals surface area contributed by atoms with Crippen LogP contribution < -0.4 is 10.6 Å². The largest absolute Gasteiger partial charge is 0.445 e. The normalized spacial score (nSPS) is 16.8. The third kappa shape index (κ3) is 18.2. The van der Waals surface area contributed by atoms with Gasteiger partial charge < -0.3 is 48.9 Å². The summed E-state index contributed by atoms with van der Waals surface area (Å²) in [5, 5.41) is 5.54. The van der Waals surface area contributed by atoms with Crippen LogP contribution in [-0.4, -0.2) is 125 Å². The maximum Gasteiger partial charge on any atom is 0.408 e. The van der Waals surface area contributed by atoms with Gasteiger partial charge in [-0.05, 0) is 35.8 Å². The number of carbonyl (C=O) groups excluding carboxylic acids is 4. The first kappa shape index (κ1) is 44.2. The molecule has 0 aliphatic carbocycles. The molecule has 0 radical (unpaired) electrons. The smallest absolute Gasteiger partial charge is 0.408 e. The fraction of sp³-hybridized carbons (Fsp3) is 0.600. The van der Waals surface area contributed by atoms with Crippen LogP contribution in [-0.2, 0) is 51.2 Å². The van der Waals surface area contributed by atoms with E-state index in [2.05, 4.69) is 10.6 Å². The van der Waals surface area contributed by atoms with Gasteiger partial charge in [0, 0.05) is 26.2 Å². The molecule has 0 spiro atoms. The second-order valence-corrected chi connectivity index (χ2v) is 13.9. The van der Waals surface area contributed by atoms with Gasteiger partial charge in [0.15, 0.2) is 0 Å². The molecule has 1 aliphatic heterocycles. The lowest BCUT2D eigenvalue weighted by molar-refractivity contribution is -0.137.